The molecule has 2 aromatic carbocycles. The third-order valence-electron chi connectivity index (χ3n) is 5.46. The number of halogens is 6. The van der Waals surface area contributed by atoms with E-state index in [4.69, 9.17) is 0 Å². The Hall–Kier alpha value is -3.89. The van der Waals surface area contributed by atoms with Crippen LogP contribution in [0.2, 0.25) is 0 Å². The molecule has 1 aliphatic carbocycles. The molecule has 2 N–H and O–H groups in total. The molecule has 0 radical (unpaired) electrons. The summed E-state index contributed by atoms with van der Waals surface area (Å²) in [4.78, 5) is 8.75. The van der Waals surface area contributed by atoms with Gasteiger partial charge in [-0.25, -0.2) is 9.97 Å². The van der Waals surface area contributed by atoms with Crippen LogP contribution >= 0.6 is 0 Å². The van der Waals surface area contributed by atoms with E-state index in [0.717, 1.165) is 18.2 Å². The Morgan fingerprint density at radius 3 is 2.44 bits per heavy atom. The van der Waals surface area contributed by atoms with Crippen molar-refractivity contribution in [3.8, 4) is 11.4 Å². The number of H-pyrrole nitrogens is 1. The largest absolute Gasteiger partial charge is 0.417 e. The number of fused-ring (bicyclic) bond motifs is 2. The second kappa shape index (κ2) is 7.86. The van der Waals surface area contributed by atoms with E-state index in [0.29, 0.717) is 29.5 Å². The number of aromatic amines is 1. The smallest absolute Gasteiger partial charge is 0.322 e. The third-order valence-corrected chi connectivity index (χ3v) is 5.46. The van der Waals surface area contributed by atoms with E-state index in [1.165, 1.54) is 24.3 Å². The molecule has 0 bridgehead atoms. The highest BCUT2D eigenvalue weighted by molar-refractivity contribution is 5.92. The van der Waals surface area contributed by atoms with Gasteiger partial charge in [-0.3, -0.25) is 5.10 Å². The number of nitrogens with one attached hydrogen (secondary N) is 2. The zero-order valence-corrected chi connectivity index (χ0v) is 17.2. The molecule has 0 saturated heterocycles. The summed E-state index contributed by atoms with van der Waals surface area (Å²) in [5.41, 5.74) is -0.565. The quantitative estimate of drug-likeness (QED) is 0.321. The summed E-state index contributed by atoms with van der Waals surface area (Å²) in [6, 6.07) is 8.17. The number of alkyl halides is 6. The number of benzene rings is 2. The van der Waals surface area contributed by atoms with E-state index < -0.39 is 23.5 Å². The Bertz CT molecular complexity index is 1420. The molecule has 5 nitrogen and oxygen atoms in total. The average Bonchev–Trinajstić information content (AvgIpc) is 3.20. The van der Waals surface area contributed by atoms with Gasteiger partial charge in [-0.05, 0) is 37.1 Å². The van der Waals surface area contributed by atoms with Gasteiger partial charge in [-0.2, -0.15) is 31.4 Å². The monoisotopic (exact) mass is 475 g/mol. The first kappa shape index (κ1) is 21.9. The van der Waals surface area contributed by atoms with Crippen LogP contribution in [0.5, 0.6) is 0 Å². The maximum absolute atomic E-state index is 13.6. The van der Waals surface area contributed by atoms with Crippen molar-refractivity contribution in [2.75, 3.05) is 5.32 Å². The van der Waals surface area contributed by atoms with Gasteiger partial charge in [0, 0.05) is 16.5 Å². The summed E-state index contributed by atoms with van der Waals surface area (Å²) in [6.07, 6.45) is -4.30. The fourth-order valence-corrected chi connectivity index (χ4v) is 3.85. The van der Waals surface area contributed by atoms with Gasteiger partial charge in [0.05, 0.1) is 22.3 Å². The van der Waals surface area contributed by atoms with Crippen molar-refractivity contribution in [2.24, 2.45) is 0 Å². The van der Waals surface area contributed by atoms with E-state index in [-0.39, 0.29) is 28.5 Å². The fourth-order valence-electron chi connectivity index (χ4n) is 3.85. The van der Waals surface area contributed by atoms with Crippen molar-refractivity contribution in [2.45, 2.75) is 25.2 Å². The second-order valence-electron chi connectivity index (χ2n) is 7.70. The number of hydrogen-bond donors (Lipinski definition) is 2. The van der Waals surface area contributed by atoms with Gasteiger partial charge in [0.1, 0.15) is 5.82 Å². The molecule has 0 atom stereocenters. The average molecular weight is 475 g/mol. The van der Waals surface area contributed by atoms with E-state index in [1.54, 1.807) is 6.08 Å². The molecule has 5 rings (SSSR count). The summed E-state index contributed by atoms with van der Waals surface area (Å²) in [7, 11) is 0. The summed E-state index contributed by atoms with van der Waals surface area (Å²) in [5, 5.41) is 9.95. The molecule has 0 amide bonds. The first-order valence-electron chi connectivity index (χ1n) is 10.2. The SMILES string of the molecule is FC(F)(F)c1ccc2c(Nc3nc(-c4ccccc4C(F)(F)F)nc4c3C=CCC4)n[nH]c2c1. The predicted molar refractivity (Wildman–Crippen MR) is 114 cm³/mol. The number of nitrogens with zero attached hydrogens (tertiary/aromatic N) is 3. The molecule has 11 heteroatoms. The second-order valence-corrected chi connectivity index (χ2v) is 7.70. The molecule has 0 spiro atoms. The molecule has 0 saturated carbocycles. The van der Waals surface area contributed by atoms with Gasteiger partial charge in [-0.15, -0.1) is 0 Å². The molecule has 2 heterocycles. The summed E-state index contributed by atoms with van der Waals surface area (Å²) >= 11 is 0. The number of aryl methyl sites for hydroxylation is 1. The maximum Gasteiger partial charge on any atom is 0.417 e. The zero-order chi connectivity index (χ0) is 24.1. The molecule has 0 fully saturated rings. The van der Waals surface area contributed by atoms with Crippen LogP contribution in [0.4, 0.5) is 38.0 Å². The number of rotatable bonds is 3. The highest BCUT2D eigenvalue weighted by Gasteiger charge is 2.34. The van der Waals surface area contributed by atoms with Crippen molar-refractivity contribution in [1.29, 1.82) is 0 Å². The minimum Gasteiger partial charge on any atom is -0.322 e. The van der Waals surface area contributed by atoms with Crippen LogP contribution in [-0.2, 0) is 18.8 Å². The van der Waals surface area contributed by atoms with Crippen molar-refractivity contribution < 1.29 is 26.3 Å². The molecular formula is C23H15F6N5. The summed E-state index contributed by atoms with van der Waals surface area (Å²) < 4.78 is 79.9. The van der Waals surface area contributed by atoms with Crippen LogP contribution in [0.25, 0.3) is 28.4 Å². The maximum atomic E-state index is 13.6. The van der Waals surface area contributed by atoms with E-state index in [2.05, 4.69) is 25.5 Å². The molecule has 1 aliphatic rings. The Balaban J connectivity index is 1.62. The third kappa shape index (κ3) is 3.97. The highest BCUT2D eigenvalue weighted by atomic mass is 19.4. The summed E-state index contributed by atoms with van der Waals surface area (Å²) in [6.45, 7) is 0. The topological polar surface area (TPSA) is 66.5 Å². The van der Waals surface area contributed by atoms with Gasteiger partial charge in [0.25, 0.3) is 0 Å². The van der Waals surface area contributed by atoms with Crippen molar-refractivity contribution in [3.05, 3.63) is 70.9 Å². The number of anilines is 2. The molecule has 34 heavy (non-hydrogen) atoms. The lowest BCUT2D eigenvalue weighted by Gasteiger charge is -2.18. The van der Waals surface area contributed by atoms with Crippen molar-refractivity contribution in [1.82, 2.24) is 20.2 Å². The van der Waals surface area contributed by atoms with Gasteiger partial charge >= 0.3 is 12.4 Å². The first-order chi connectivity index (χ1) is 16.1. The lowest BCUT2D eigenvalue weighted by Crippen LogP contribution is -2.11. The zero-order valence-electron chi connectivity index (χ0n) is 17.2. The Morgan fingerprint density at radius 2 is 1.68 bits per heavy atom. The molecular weight excluding hydrogens is 460 g/mol. The molecule has 0 unspecified atom stereocenters. The lowest BCUT2D eigenvalue weighted by atomic mass is 10.0. The van der Waals surface area contributed by atoms with Gasteiger partial charge in [0.2, 0.25) is 0 Å². The minimum atomic E-state index is -4.60. The molecule has 0 aliphatic heterocycles. The Kier molecular flexibility index (Phi) is 5.07. The van der Waals surface area contributed by atoms with Gasteiger partial charge in [0.15, 0.2) is 11.6 Å². The lowest BCUT2D eigenvalue weighted by molar-refractivity contribution is -0.138. The normalized spacial score (nSPS) is 13.8. The summed E-state index contributed by atoms with van der Waals surface area (Å²) in [5.74, 6) is 0.295. The predicted octanol–water partition coefficient (Wildman–Crippen LogP) is 6.76. The Labute approximate surface area is 188 Å². The number of hydrogen-bond acceptors (Lipinski definition) is 4. The van der Waals surface area contributed by atoms with Crippen LogP contribution in [0, 0.1) is 0 Å². The van der Waals surface area contributed by atoms with E-state index in [1.807, 2.05) is 6.08 Å². The van der Waals surface area contributed by atoms with Crippen LogP contribution in [0.3, 0.4) is 0 Å². The van der Waals surface area contributed by atoms with Crippen molar-refractivity contribution >= 4 is 28.6 Å². The Morgan fingerprint density at radius 1 is 0.882 bits per heavy atom. The number of aromatic nitrogens is 4. The van der Waals surface area contributed by atoms with Gasteiger partial charge < -0.3 is 5.32 Å². The van der Waals surface area contributed by atoms with Crippen LogP contribution in [0.15, 0.2) is 48.5 Å². The van der Waals surface area contributed by atoms with Crippen LogP contribution < -0.4 is 5.32 Å². The standard InChI is InChI=1S/C23H15F6N5/c24-22(25,26)12-9-10-15-18(11-12)33-34-21(15)32-20-14-6-2-4-8-17(14)30-19(31-20)13-5-1-3-7-16(13)23(27,28)29/h1-3,5-7,9-11H,4,8H2,(H2,30,31,32,33,34). The van der Waals surface area contributed by atoms with Crippen LogP contribution in [-0.4, -0.2) is 20.2 Å². The van der Waals surface area contributed by atoms with Crippen molar-refractivity contribution in [3.63, 3.8) is 0 Å². The molecule has 4 aromatic rings. The first-order valence-corrected chi connectivity index (χ1v) is 10.2. The van der Waals surface area contributed by atoms with E-state index >= 15 is 0 Å². The number of allylic oxidation sites excluding steroid dienone is 1. The molecule has 174 valence electrons. The van der Waals surface area contributed by atoms with Gasteiger partial charge in [-0.1, -0.05) is 30.4 Å². The minimum absolute atomic E-state index is 0.108. The molecule has 2 aromatic heterocycles. The fraction of sp³-hybridized carbons (Fsp3) is 0.174. The van der Waals surface area contributed by atoms with E-state index in [9.17, 15) is 26.3 Å². The van der Waals surface area contributed by atoms with Crippen LogP contribution in [0.1, 0.15) is 28.8 Å². The highest BCUT2D eigenvalue weighted by Crippen LogP contribution is 2.38.